The Kier molecular flexibility index (Phi) is 4.22. The van der Waals surface area contributed by atoms with Gasteiger partial charge in [0.2, 0.25) is 11.8 Å². The highest BCUT2D eigenvalue weighted by atomic mass is 16.2. The standard InChI is InChI=1S/C13H23N3O2/c1-14-7-10-4-3-5-16(8-10)13(18)11-6-12(17)15(2)9-11/h10-11,14H,3-9H2,1-2H3. The molecule has 2 aliphatic rings. The zero-order valence-electron chi connectivity index (χ0n) is 11.3. The van der Waals surface area contributed by atoms with E-state index in [1.165, 1.54) is 6.42 Å². The molecular weight excluding hydrogens is 230 g/mol. The Morgan fingerprint density at radius 1 is 1.44 bits per heavy atom. The molecule has 5 heteroatoms. The molecule has 0 aromatic heterocycles. The summed E-state index contributed by atoms with van der Waals surface area (Å²) in [5.41, 5.74) is 0. The third-order valence-corrected chi connectivity index (χ3v) is 4.01. The lowest BCUT2D eigenvalue weighted by molar-refractivity contribution is -0.137. The summed E-state index contributed by atoms with van der Waals surface area (Å²) in [6.45, 7) is 3.25. The van der Waals surface area contributed by atoms with Gasteiger partial charge in [-0.2, -0.15) is 0 Å². The third-order valence-electron chi connectivity index (χ3n) is 4.01. The average molecular weight is 253 g/mol. The fourth-order valence-corrected chi connectivity index (χ4v) is 3.01. The van der Waals surface area contributed by atoms with Gasteiger partial charge in [0.05, 0.1) is 5.92 Å². The lowest BCUT2D eigenvalue weighted by Gasteiger charge is -2.34. The quantitative estimate of drug-likeness (QED) is 0.765. The Labute approximate surface area is 108 Å². The maximum atomic E-state index is 12.4. The highest BCUT2D eigenvalue weighted by molar-refractivity contribution is 5.89. The van der Waals surface area contributed by atoms with Crippen LogP contribution in [0.3, 0.4) is 0 Å². The summed E-state index contributed by atoms with van der Waals surface area (Å²) in [7, 11) is 3.72. The number of nitrogens with zero attached hydrogens (tertiary/aromatic N) is 2. The highest BCUT2D eigenvalue weighted by Gasteiger charge is 2.36. The minimum atomic E-state index is -0.115. The van der Waals surface area contributed by atoms with Crippen molar-refractivity contribution in [3.05, 3.63) is 0 Å². The topological polar surface area (TPSA) is 52.7 Å². The van der Waals surface area contributed by atoms with E-state index < -0.39 is 0 Å². The molecule has 2 atom stereocenters. The summed E-state index contributed by atoms with van der Waals surface area (Å²) < 4.78 is 0. The number of amides is 2. The van der Waals surface area contributed by atoms with Gasteiger partial charge in [0.15, 0.2) is 0 Å². The van der Waals surface area contributed by atoms with Crippen molar-refractivity contribution in [2.45, 2.75) is 19.3 Å². The molecule has 5 nitrogen and oxygen atoms in total. The van der Waals surface area contributed by atoms with Gasteiger partial charge in [-0.1, -0.05) is 0 Å². The molecule has 102 valence electrons. The molecule has 2 fully saturated rings. The maximum Gasteiger partial charge on any atom is 0.228 e. The van der Waals surface area contributed by atoms with Crippen LogP contribution in [0, 0.1) is 11.8 Å². The Hall–Kier alpha value is -1.10. The van der Waals surface area contributed by atoms with Crippen LogP contribution in [0.25, 0.3) is 0 Å². The van der Waals surface area contributed by atoms with E-state index in [4.69, 9.17) is 0 Å². The van der Waals surface area contributed by atoms with E-state index in [0.29, 0.717) is 18.9 Å². The second-order valence-corrected chi connectivity index (χ2v) is 5.53. The smallest absolute Gasteiger partial charge is 0.228 e. The van der Waals surface area contributed by atoms with Crippen molar-refractivity contribution in [3.63, 3.8) is 0 Å². The molecule has 2 amide bonds. The number of hydrogen-bond donors (Lipinski definition) is 1. The molecule has 2 aliphatic heterocycles. The lowest BCUT2D eigenvalue weighted by Crippen LogP contribution is -2.45. The number of hydrogen-bond acceptors (Lipinski definition) is 3. The zero-order chi connectivity index (χ0) is 13.1. The summed E-state index contributed by atoms with van der Waals surface area (Å²) in [5, 5.41) is 3.18. The van der Waals surface area contributed by atoms with E-state index in [2.05, 4.69) is 5.32 Å². The first-order valence-corrected chi connectivity index (χ1v) is 6.79. The normalized spacial score (nSPS) is 28.9. The van der Waals surface area contributed by atoms with Gasteiger partial charge in [0.25, 0.3) is 0 Å². The Morgan fingerprint density at radius 3 is 2.83 bits per heavy atom. The van der Waals surface area contributed by atoms with Crippen molar-refractivity contribution in [1.29, 1.82) is 0 Å². The van der Waals surface area contributed by atoms with Gasteiger partial charge >= 0.3 is 0 Å². The van der Waals surface area contributed by atoms with Gasteiger partial charge in [0.1, 0.15) is 0 Å². The maximum absolute atomic E-state index is 12.4. The molecular formula is C13H23N3O2. The number of likely N-dealkylation sites (tertiary alicyclic amines) is 2. The monoisotopic (exact) mass is 253 g/mol. The third kappa shape index (κ3) is 2.83. The van der Waals surface area contributed by atoms with Crippen molar-refractivity contribution in [1.82, 2.24) is 15.1 Å². The molecule has 2 rings (SSSR count). The van der Waals surface area contributed by atoms with Gasteiger partial charge < -0.3 is 15.1 Å². The molecule has 0 aliphatic carbocycles. The van der Waals surface area contributed by atoms with Crippen LogP contribution in [-0.4, -0.2) is 61.9 Å². The molecule has 0 aromatic carbocycles. The number of carbonyl (C=O) groups excluding carboxylic acids is 2. The van der Waals surface area contributed by atoms with Crippen LogP contribution < -0.4 is 5.32 Å². The minimum Gasteiger partial charge on any atom is -0.345 e. The van der Waals surface area contributed by atoms with Crippen LogP contribution in [0.2, 0.25) is 0 Å². The van der Waals surface area contributed by atoms with Crippen molar-refractivity contribution in [2.75, 3.05) is 40.3 Å². The van der Waals surface area contributed by atoms with Crippen molar-refractivity contribution in [3.8, 4) is 0 Å². The molecule has 0 saturated carbocycles. The van der Waals surface area contributed by atoms with E-state index >= 15 is 0 Å². The molecule has 2 heterocycles. The molecule has 0 bridgehead atoms. The number of piperidine rings is 1. The van der Waals surface area contributed by atoms with E-state index in [0.717, 1.165) is 26.1 Å². The molecule has 0 radical (unpaired) electrons. The summed E-state index contributed by atoms with van der Waals surface area (Å²) in [6, 6.07) is 0. The summed E-state index contributed by atoms with van der Waals surface area (Å²) in [5.74, 6) is 0.712. The SMILES string of the molecule is CNCC1CCCN(C(=O)C2CC(=O)N(C)C2)C1. The van der Waals surface area contributed by atoms with Crippen LogP contribution in [0.4, 0.5) is 0 Å². The highest BCUT2D eigenvalue weighted by Crippen LogP contribution is 2.22. The molecule has 18 heavy (non-hydrogen) atoms. The molecule has 2 saturated heterocycles. The average Bonchev–Trinajstić information content (AvgIpc) is 2.69. The number of rotatable bonds is 3. The van der Waals surface area contributed by atoms with E-state index in [1.54, 1.807) is 11.9 Å². The Morgan fingerprint density at radius 2 is 2.22 bits per heavy atom. The summed E-state index contributed by atoms with van der Waals surface area (Å²) in [6.07, 6.45) is 2.66. The summed E-state index contributed by atoms with van der Waals surface area (Å²) in [4.78, 5) is 27.5. The van der Waals surface area contributed by atoms with Gasteiger partial charge in [-0.15, -0.1) is 0 Å². The van der Waals surface area contributed by atoms with Crippen molar-refractivity contribution < 1.29 is 9.59 Å². The fraction of sp³-hybridized carbons (Fsp3) is 0.846. The lowest BCUT2D eigenvalue weighted by atomic mass is 9.96. The summed E-state index contributed by atoms with van der Waals surface area (Å²) >= 11 is 0. The van der Waals surface area contributed by atoms with Crippen LogP contribution in [0.5, 0.6) is 0 Å². The first kappa shape index (κ1) is 13.3. The minimum absolute atomic E-state index is 0.0946. The van der Waals surface area contributed by atoms with Crippen LogP contribution in [-0.2, 0) is 9.59 Å². The molecule has 1 N–H and O–H groups in total. The van der Waals surface area contributed by atoms with Crippen LogP contribution in [0.1, 0.15) is 19.3 Å². The van der Waals surface area contributed by atoms with Crippen LogP contribution in [0.15, 0.2) is 0 Å². The van der Waals surface area contributed by atoms with E-state index in [1.807, 2.05) is 11.9 Å². The van der Waals surface area contributed by atoms with Gasteiger partial charge in [0, 0.05) is 33.1 Å². The number of carbonyl (C=O) groups is 2. The van der Waals surface area contributed by atoms with E-state index in [-0.39, 0.29) is 17.7 Å². The van der Waals surface area contributed by atoms with Gasteiger partial charge in [-0.05, 0) is 32.4 Å². The Bertz CT molecular complexity index is 330. The van der Waals surface area contributed by atoms with E-state index in [9.17, 15) is 9.59 Å². The van der Waals surface area contributed by atoms with Crippen molar-refractivity contribution in [2.24, 2.45) is 11.8 Å². The molecule has 0 spiro atoms. The predicted molar refractivity (Wildman–Crippen MR) is 69.0 cm³/mol. The predicted octanol–water partition coefficient (Wildman–Crippen LogP) is -0.0773. The largest absolute Gasteiger partial charge is 0.345 e. The van der Waals surface area contributed by atoms with Crippen LogP contribution >= 0.6 is 0 Å². The first-order chi connectivity index (χ1) is 8.61. The Balaban J connectivity index is 1.90. The number of nitrogens with one attached hydrogen (secondary N) is 1. The second-order valence-electron chi connectivity index (χ2n) is 5.53. The van der Waals surface area contributed by atoms with Gasteiger partial charge in [-0.3, -0.25) is 9.59 Å². The van der Waals surface area contributed by atoms with Crippen molar-refractivity contribution >= 4 is 11.8 Å². The first-order valence-electron chi connectivity index (χ1n) is 6.79. The molecule has 2 unspecified atom stereocenters. The zero-order valence-corrected chi connectivity index (χ0v) is 11.3. The second kappa shape index (κ2) is 5.69. The fourth-order valence-electron chi connectivity index (χ4n) is 3.01. The molecule has 0 aromatic rings. The van der Waals surface area contributed by atoms with Gasteiger partial charge in [-0.25, -0.2) is 0 Å².